The molecule has 2 aromatic rings. The van der Waals surface area contributed by atoms with Gasteiger partial charge < -0.3 is 24.6 Å². The van der Waals surface area contributed by atoms with Gasteiger partial charge in [0.05, 0.1) is 40.8 Å². The number of rotatable bonds is 5. The predicted molar refractivity (Wildman–Crippen MR) is 109 cm³/mol. The maximum absolute atomic E-state index is 13.3. The summed E-state index contributed by atoms with van der Waals surface area (Å²) in [6, 6.07) is 5.20. The van der Waals surface area contributed by atoms with Crippen molar-refractivity contribution in [3.8, 4) is 0 Å². The van der Waals surface area contributed by atoms with Crippen molar-refractivity contribution < 1.29 is 24.2 Å². The molecule has 2 aliphatic heterocycles. The molecule has 4 rings (SSSR count). The first-order valence-corrected chi connectivity index (χ1v) is 10.7. The Morgan fingerprint density at radius 1 is 1.28 bits per heavy atom. The number of morpholine rings is 1. The number of fused-ring (bicyclic) bond motifs is 2. The lowest BCUT2D eigenvalue weighted by Gasteiger charge is -2.36. The quantitative estimate of drug-likeness (QED) is 0.737. The fraction of sp³-hybridized carbons (Fsp3) is 0.421. The summed E-state index contributed by atoms with van der Waals surface area (Å²) in [5, 5.41) is 9.92. The van der Waals surface area contributed by atoms with Crippen LogP contribution in [0.4, 0.5) is 0 Å². The Labute approximate surface area is 176 Å². The van der Waals surface area contributed by atoms with Gasteiger partial charge in [-0.1, -0.05) is 17.7 Å². The highest BCUT2D eigenvalue weighted by molar-refractivity contribution is 8.00. The first kappa shape index (κ1) is 20.1. The molecule has 8 nitrogen and oxygen atoms in total. The molecule has 0 unspecified atom stereocenters. The van der Waals surface area contributed by atoms with Gasteiger partial charge in [0.15, 0.2) is 0 Å². The van der Waals surface area contributed by atoms with E-state index in [1.54, 1.807) is 22.1 Å². The van der Waals surface area contributed by atoms with Crippen LogP contribution in [0.25, 0.3) is 10.9 Å². The second-order valence-electron chi connectivity index (χ2n) is 7.03. The van der Waals surface area contributed by atoms with E-state index in [0.717, 1.165) is 17.3 Å². The number of aromatic nitrogens is 1. The van der Waals surface area contributed by atoms with Crippen LogP contribution < -0.4 is 0 Å². The monoisotopic (exact) mass is 437 g/mol. The third-order valence-corrected chi connectivity index (χ3v) is 6.47. The van der Waals surface area contributed by atoms with Crippen LogP contribution in [0.1, 0.15) is 10.4 Å². The highest BCUT2D eigenvalue weighted by Crippen LogP contribution is 2.30. The number of aromatic amines is 1. The van der Waals surface area contributed by atoms with Gasteiger partial charge in [0.1, 0.15) is 0 Å². The van der Waals surface area contributed by atoms with E-state index < -0.39 is 5.97 Å². The van der Waals surface area contributed by atoms with Gasteiger partial charge in [-0.25, -0.2) is 0 Å². The number of halogens is 1. The first-order chi connectivity index (χ1) is 14.0. The largest absolute Gasteiger partial charge is 0.481 e. The number of carbonyl (C=O) groups is 3. The number of carboxylic acids is 1. The lowest BCUT2D eigenvalue weighted by molar-refractivity contribution is -0.133. The number of benzene rings is 1. The average molecular weight is 438 g/mol. The minimum Gasteiger partial charge on any atom is -0.481 e. The normalized spacial score (nSPS) is 21.4. The lowest BCUT2D eigenvalue weighted by Crippen LogP contribution is -2.53. The zero-order valence-electron chi connectivity index (χ0n) is 15.5. The van der Waals surface area contributed by atoms with E-state index in [-0.39, 0.29) is 35.5 Å². The number of thioether (sulfide) groups is 1. The number of carbonyl (C=O) groups excluding carboxylic acids is 2. The van der Waals surface area contributed by atoms with Gasteiger partial charge in [-0.05, 0) is 12.1 Å². The molecule has 0 aliphatic carbocycles. The van der Waals surface area contributed by atoms with Gasteiger partial charge in [0.25, 0.3) is 5.91 Å². The fourth-order valence-electron chi connectivity index (χ4n) is 3.92. The highest BCUT2D eigenvalue weighted by atomic mass is 35.5. The Bertz CT molecular complexity index is 964. The molecule has 2 atom stereocenters. The Morgan fingerprint density at radius 3 is 2.90 bits per heavy atom. The smallest absolute Gasteiger partial charge is 0.313 e. The van der Waals surface area contributed by atoms with Crippen molar-refractivity contribution in [1.29, 1.82) is 0 Å². The van der Waals surface area contributed by atoms with Crippen LogP contribution in [-0.4, -0.2) is 87.6 Å². The van der Waals surface area contributed by atoms with Crippen molar-refractivity contribution in [3.05, 3.63) is 35.0 Å². The van der Waals surface area contributed by atoms with E-state index in [0.29, 0.717) is 42.2 Å². The van der Waals surface area contributed by atoms with Crippen molar-refractivity contribution in [3.63, 3.8) is 0 Å². The standard InChI is InChI=1S/C19H20ClN3O5S/c20-12-2-1-3-13-18(12)11(6-21-13)19(27)23-4-5-28-15-8-22(7-14(15)23)16(24)9-29-10-17(25)26/h1-3,6,14-15,21H,4-5,7-10H2,(H,25,26)/t14-,15-/m1/s1. The molecule has 0 spiro atoms. The van der Waals surface area contributed by atoms with Crippen molar-refractivity contribution >= 4 is 52.0 Å². The number of nitrogens with one attached hydrogen (secondary N) is 1. The van der Waals surface area contributed by atoms with Gasteiger partial charge in [-0.3, -0.25) is 14.4 Å². The predicted octanol–water partition coefficient (Wildman–Crippen LogP) is 1.69. The minimum absolute atomic E-state index is 0.0950. The van der Waals surface area contributed by atoms with Crippen molar-refractivity contribution in [2.45, 2.75) is 12.1 Å². The third kappa shape index (κ3) is 3.94. The van der Waals surface area contributed by atoms with Crippen molar-refractivity contribution in [2.75, 3.05) is 37.7 Å². The number of hydrogen-bond acceptors (Lipinski definition) is 5. The third-order valence-electron chi connectivity index (χ3n) is 5.25. The number of likely N-dealkylation sites (tertiary alicyclic amines) is 1. The highest BCUT2D eigenvalue weighted by Gasteiger charge is 2.44. The molecular weight excluding hydrogens is 418 g/mol. The Hall–Kier alpha value is -2.23. The summed E-state index contributed by atoms with van der Waals surface area (Å²) >= 11 is 7.39. The van der Waals surface area contributed by atoms with Crippen molar-refractivity contribution in [1.82, 2.24) is 14.8 Å². The summed E-state index contributed by atoms with van der Waals surface area (Å²) in [6.45, 7) is 1.61. The van der Waals surface area contributed by atoms with Crippen LogP contribution in [0.2, 0.25) is 5.02 Å². The number of H-pyrrole nitrogens is 1. The molecule has 2 aliphatic rings. The SMILES string of the molecule is O=C(O)CSCC(=O)N1C[C@@H]2[C@@H](C1)OCCN2C(=O)c1c[nH]c2cccc(Cl)c12. The van der Waals surface area contributed by atoms with Gasteiger partial charge in [-0.2, -0.15) is 0 Å². The van der Waals surface area contributed by atoms with E-state index in [2.05, 4.69) is 4.98 Å². The Kier molecular flexibility index (Phi) is 5.71. The lowest BCUT2D eigenvalue weighted by atomic mass is 10.1. The van der Waals surface area contributed by atoms with Gasteiger partial charge in [0.2, 0.25) is 5.91 Å². The topological polar surface area (TPSA) is 103 Å². The van der Waals surface area contributed by atoms with Crippen LogP contribution in [-0.2, 0) is 14.3 Å². The van der Waals surface area contributed by atoms with E-state index in [1.807, 2.05) is 12.1 Å². The molecule has 0 saturated carbocycles. The molecule has 10 heteroatoms. The average Bonchev–Trinajstić information content (AvgIpc) is 3.32. The van der Waals surface area contributed by atoms with Crippen molar-refractivity contribution in [2.24, 2.45) is 0 Å². The molecule has 3 heterocycles. The zero-order chi connectivity index (χ0) is 20.5. The maximum atomic E-state index is 13.3. The van der Waals surface area contributed by atoms with E-state index in [1.165, 1.54) is 0 Å². The molecular formula is C19H20ClN3O5S. The van der Waals surface area contributed by atoms with E-state index in [9.17, 15) is 14.4 Å². The Morgan fingerprint density at radius 2 is 2.10 bits per heavy atom. The van der Waals surface area contributed by atoms with Crippen LogP contribution in [0, 0.1) is 0 Å². The maximum Gasteiger partial charge on any atom is 0.313 e. The number of ether oxygens (including phenoxy) is 1. The molecule has 0 bridgehead atoms. The number of carboxylic acid groups (broad SMARTS) is 1. The summed E-state index contributed by atoms with van der Waals surface area (Å²) in [5.74, 6) is -1.25. The molecule has 0 radical (unpaired) electrons. The number of hydrogen-bond donors (Lipinski definition) is 2. The van der Waals surface area contributed by atoms with E-state index in [4.69, 9.17) is 21.4 Å². The van der Waals surface area contributed by atoms with Crippen LogP contribution in [0.5, 0.6) is 0 Å². The molecule has 29 heavy (non-hydrogen) atoms. The molecule has 2 fully saturated rings. The van der Waals surface area contributed by atoms with Crippen LogP contribution in [0.15, 0.2) is 24.4 Å². The molecule has 2 amide bonds. The second kappa shape index (κ2) is 8.25. The van der Waals surface area contributed by atoms with E-state index >= 15 is 0 Å². The van der Waals surface area contributed by atoms with Gasteiger partial charge in [0, 0.05) is 36.7 Å². The number of aliphatic carboxylic acids is 1. The minimum atomic E-state index is -0.949. The van der Waals surface area contributed by atoms with Gasteiger partial charge >= 0.3 is 5.97 Å². The summed E-state index contributed by atoms with van der Waals surface area (Å²) in [7, 11) is 0. The molecule has 154 valence electrons. The zero-order valence-corrected chi connectivity index (χ0v) is 17.0. The molecule has 2 N–H and O–H groups in total. The summed E-state index contributed by atoms with van der Waals surface area (Å²) in [5.41, 5.74) is 1.30. The number of amides is 2. The fourth-order valence-corrected chi connectivity index (χ4v) is 4.83. The van der Waals surface area contributed by atoms with Crippen LogP contribution >= 0.6 is 23.4 Å². The summed E-state index contributed by atoms with van der Waals surface area (Å²) < 4.78 is 5.81. The molecule has 2 saturated heterocycles. The summed E-state index contributed by atoms with van der Waals surface area (Å²) in [6.07, 6.45) is 1.42. The Balaban J connectivity index is 1.49. The van der Waals surface area contributed by atoms with Gasteiger partial charge in [-0.15, -0.1) is 11.8 Å². The molecule has 1 aromatic heterocycles. The second-order valence-corrected chi connectivity index (χ2v) is 8.42. The number of nitrogens with zero attached hydrogens (tertiary/aromatic N) is 2. The first-order valence-electron chi connectivity index (χ1n) is 9.21. The summed E-state index contributed by atoms with van der Waals surface area (Å²) in [4.78, 5) is 42.9. The van der Waals surface area contributed by atoms with Crippen LogP contribution in [0.3, 0.4) is 0 Å². The molecule has 1 aromatic carbocycles.